The van der Waals surface area contributed by atoms with Gasteiger partial charge >= 0.3 is 6.03 Å². The minimum atomic E-state index is -0.706. The van der Waals surface area contributed by atoms with E-state index in [9.17, 15) is 14.4 Å². The number of carbonyl (C=O) groups excluding carboxylic acids is 2. The van der Waals surface area contributed by atoms with E-state index < -0.39 is 11.6 Å². The van der Waals surface area contributed by atoms with Gasteiger partial charge in [0, 0.05) is 55.5 Å². The van der Waals surface area contributed by atoms with Crippen LogP contribution in [0.15, 0.2) is 90.5 Å². The van der Waals surface area contributed by atoms with Gasteiger partial charge in [0.25, 0.3) is 11.5 Å². The zero-order valence-corrected chi connectivity index (χ0v) is 25.1. The van der Waals surface area contributed by atoms with Crippen molar-refractivity contribution in [2.45, 2.75) is 26.4 Å². The summed E-state index contributed by atoms with van der Waals surface area (Å²) in [6.07, 6.45) is 8.82. The zero-order chi connectivity index (χ0) is 31.1. The van der Waals surface area contributed by atoms with E-state index in [1.165, 1.54) is 23.1 Å². The molecule has 3 amide bonds. The van der Waals surface area contributed by atoms with Crippen LogP contribution in [0.4, 0.5) is 16.2 Å². The monoisotopic (exact) mass is 630 g/mol. The number of imidazole rings is 1. The quantitative estimate of drug-likeness (QED) is 0.163. The molecule has 5 aromatic rings. The van der Waals surface area contributed by atoms with E-state index in [1.807, 2.05) is 53.2 Å². The van der Waals surface area contributed by atoms with Gasteiger partial charge in [-0.15, -0.1) is 0 Å². The molecule has 0 unspecified atom stereocenters. The third-order valence-electron chi connectivity index (χ3n) is 6.67. The molecule has 0 atom stereocenters. The second-order valence-corrected chi connectivity index (χ2v) is 10.5. The molecule has 0 aliphatic rings. The number of hydrogen-bond donors (Lipinski definition) is 3. The number of benzene rings is 2. The lowest BCUT2D eigenvalue weighted by molar-refractivity contribution is 0.0952. The molecule has 0 spiro atoms. The largest absolute Gasteiger partial charge is 0.352 e. The average Bonchev–Trinajstić information content (AvgIpc) is 3.56. The summed E-state index contributed by atoms with van der Waals surface area (Å²) in [5.41, 5.74) is 3.13. The van der Waals surface area contributed by atoms with Crippen LogP contribution in [0.2, 0.25) is 10.0 Å². The number of pyridine rings is 1. The fourth-order valence-corrected chi connectivity index (χ4v) is 4.93. The molecule has 44 heavy (non-hydrogen) atoms. The molecule has 2 aromatic carbocycles. The van der Waals surface area contributed by atoms with Crippen LogP contribution < -0.4 is 21.5 Å². The van der Waals surface area contributed by atoms with Crippen molar-refractivity contribution in [3.63, 3.8) is 0 Å². The number of anilines is 2. The molecular weight excluding hydrogens is 603 g/mol. The Hall–Kier alpha value is -5.00. The number of nitrogens with one attached hydrogen (secondary N) is 3. The molecule has 5 rings (SSSR count). The third-order valence-corrected chi connectivity index (χ3v) is 7.24. The van der Waals surface area contributed by atoms with Crippen LogP contribution in [0.25, 0.3) is 22.4 Å². The second-order valence-electron chi connectivity index (χ2n) is 9.69. The topological polar surface area (TPSA) is 136 Å². The lowest BCUT2D eigenvalue weighted by atomic mass is 9.99. The molecule has 0 saturated carbocycles. The molecule has 11 nitrogen and oxygen atoms in total. The van der Waals surface area contributed by atoms with Crippen molar-refractivity contribution in [3.8, 4) is 22.4 Å². The Morgan fingerprint density at radius 1 is 0.909 bits per heavy atom. The van der Waals surface area contributed by atoms with Crippen LogP contribution in [0, 0.1) is 0 Å². The van der Waals surface area contributed by atoms with Gasteiger partial charge in [0.05, 0.1) is 27.8 Å². The fourth-order valence-electron chi connectivity index (χ4n) is 4.47. The van der Waals surface area contributed by atoms with Gasteiger partial charge in [-0.3, -0.25) is 14.6 Å². The number of urea groups is 1. The van der Waals surface area contributed by atoms with Gasteiger partial charge in [0.1, 0.15) is 5.69 Å². The van der Waals surface area contributed by atoms with E-state index in [-0.39, 0.29) is 33.9 Å². The molecule has 3 N–H and O–H groups in total. The van der Waals surface area contributed by atoms with Crippen LogP contribution in [-0.2, 0) is 13.1 Å². The van der Waals surface area contributed by atoms with Crippen molar-refractivity contribution >= 4 is 46.5 Å². The van der Waals surface area contributed by atoms with E-state index in [0.717, 1.165) is 24.1 Å². The average molecular weight is 632 g/mol. The molecule has 0 radical (unpaired) electrons. The summed E-state index contributed by atoms with van der Waals surface area (Å²) in [5, 5.41) is 12.9. The summed E-state index contributed by atoms with van der Waals surface area (Å²) in [6, 6.07) is 15.7. The fraction of sp³-hybridized carbons (Fsp3) is 0.161. The van der Waals surface area contributed by atoms with Crippen molar-refractivity contribution in [3.05, 3.63) is 112 Å². The van der Waals surface area contributed by atoms with Gasteiger partial charge in [0.15, 0.2) is 0 Å². The van der Waals surface area contributed by atoms with Gasteiger partial charge in [-0.25, -0.2) is 14.5 Å². The number of nitrogens with zero attached hydrogens (tertiary/aromatic N) is 5. The van der Waals surface area contributed by atoms with Crippen LogP contribution >= 0.6 is 23.2 Å². The Kier molecular flexibility index (Phi) is 9.68. The van der Waals surface area contributed by atoms with Gasteiger partial charge in [-0.2, -0.15) is 5.10 Å². The lowest BCUT2D eigenvalue weighted by Crippen LogP contribution is -2.29. The minimum Gasteiger partial charge on any atom is -0.352 e. The summed E-state index contributed by atoms with van der Waals surface area (Å²) in [5.74, 6) is -0.159. The smallest absolute Gasteiger partial charge is 0.323 e. The predicted octanol–water partition coefficient (Wildman–Crippen LogP) is 5.96. The summed E-state index contributed by atoms with van der Waals surface area (Å²) in [7, 11) is 0. The van der Waals surface area contributed by atoms with Crippen LogP contribution in [0.5, 0.6) is 0 Å². The Morgan fingerprint density at radius 3 is 2.36 bits per heavy atom. The molecule has 224 valence electrons. The molecule has 0 saturated heterocycles. The number of hydrogen-bond acceptors (Lipinski definition) is 6. The first-order chi connectivity index (χ1) is 21.3. The highest BCUT2D eigenvalue weighted by molar-refractivity contribution is 6.39. The predicted molar refractivity (Wildman–Crippen MR) is 171 cm³/mol. The highest BCUT2D eigenvalue weighted by Crippen LogP contribution is 2.29. The van der Waals surface area contributed by atoms with E-state index in [4.69, 9.17) is 23.2 Å². The van der Waals surface area contributed by atoms with Crippen molar-refractivity contribution < 1.29 is 9.59 Å². The van der Waals surface area contributed by atoms with Crippen molar-refractivity contribution in [1.82, 2.24) is 29.6 Å². The Bertz CT molecular complexity index is 1840. The van der Waals surface area contributed by atoms with Gasteiger partial charge in [-0.1, -0.05) is 53.5 Å². The first-order valence-corrected chi connectivity index (χ1v) is 14.5. The highest BCUT2D eigenvalue weighted by Gasteiger charge is 2.15. The summed E-state index contributed by atoms with van der Waals surface area (Å²) in [6.45, 7) is 3.36. The third kappa shape index (κ3) is 7.31. The number of amides is 3. The standard InChI is InChI=1S/C31H28Cl2N8O3/c1-2-41-30(43)27(37-31(44)38-28-24(32)17-35-18-25(28)33)16-26(39-41)22-8-3-6-20(14-22)21-7-4-9-23(15-21)29(42)36-10-5-12-40-13-11-34-19-40/h3-4,6-9,11,13-19H,2,5,10,12H2,1H3,(H,36,42)(H2,35,37,38,44). The molecule has 3 heterocycles. The maximum atomic E-state index is 13.0. The Morgan fingerprint density at radius 2 is 1.64 bits per heavy atom. The van der Waals surface area contributed by atoms with Gasteiger partial charge < -0.3 is 20.5 Å². The molecule has 0 aliphatic heterocycles. The van der Waals surface area contributed by atoms with Gasteiger partial charge in [0.2, 0.25) is 0 Å². The molecule has 3 aromatic heterocycles. The summed E-state index contributed by atoms with van der Waals surface area (Å²) < 4.78 is 3.23. The van der Waals surface area contributed by atoms with Gasteiger partial charge in [-0.05, 0) is 48.7 Å². The number of carbonyl (C=O) groups is 2. The van der Waals surface area contributed by atoms with Crippen LogP contribution in [0.1, 0.15) is 23.7 Å². The summed E-state index contributed by atoms with van der Waals surface area (Å²) >= 11 is 12.2. The van der Waals surface area contributed by atoms with Crippen molar-refractivity contribution in [1.29, 1.82) is 0 Å². The normalized spacial score (nSPS) is 10.8. The molecule has 0 bridgehead atoms. The van der Waals surface area contributed by atoms with Crippen LogP contribution in [0.3, 0.4) is 0 Å². The van der Waals surface area contributed by atoms with Crippen molar-refractivity contribution in [2.24, 2.45) is 0 Å². The first kappa shape index (κ1) is 30.5. The maximum Gasteiger partial charge on any atom is 0.323 e. The van der Waals surface area contributed by atoms with E-state index in [1.54, 1.807) is 25.5 Å². The minimum absolute atomic E-state index is 0.0211. The highest BCUT2D eigenvalue weighted by atomic mass is 35.5. The SMILES string of the molecule is CCn1nc(-c2cccc(-c3cccc(C(=O)NCCCn4ccnc4)c3)c2)cc(NC(=O)Nc2c(Cl)cncc2Cl)c1=O. The molecular formula is C31H28Cl2N8O3. The molecule has 0 fully saturated rings. The Labute approximate surface area is 262 Å². The first-order valence-electron chi connectivity index (χ1n) is 13.8. The number of aromatic nitrogens is 5. The number of rotatable bonds is 10. The van der Waals surface area contributed by atoms with E-state index >= 15 is 0 Å². The second kappa shape index (κ2) is 14.0. The van der Waals surface area contributed by atoms with E-state index in [2.05, 4.69) is 31.0 Å². The molecule has 0 aliphatic carbocycles. The maximum absolute atomic E-state index is 13.0. The number of halogens is 2. The molecule has 13 heteroatoms. The van der Waals surface area contributed by atoms with Crippen LogP contribution in [-0.4, -0.2) is 42.8 Å². The Balaban J connectivity index is 1.34. The number of aryl methyl sites for hydroxylation is 2. The lowest BCUT2D eigenvalue weighted by Gasteiger charge is -2.13. The zero-order valence-electron chi connectivity index (χ0n) is 23.6. The van der Waals surface area contributed by atoms with Crippen molar-refractivity contribution in [2.75, 3.05) is 17.2 Å². The van der Waals surface area contributed by atoms with E-state index in [0.29, 0.717) is 23.4 Å². The summed E-state index contributed by atoms with van der Waals surface area (Å²) in [4.78, 5) is 46.5.